The highest BCUT2D eigenvalue weighted by molar-refractivity contribution is 14.1. The van der Waals surface area contributed by atoms with Gasteiger partial charge in [0.05, 0.1) is 5.56 Å². The summed E-state index contributed by atoms with van der Waals surface area (Å²) in [6, 6.07) is 7.22. The zero-order valence-corrected chi connectivity index (χ0v) is 15.7. The van der Waals surface area contributed by atoms with Crippen molar-refractivity contribution in [3.63, 3.8) is 0 Å². The van der Waals surface area contributed by atoms with Gasteiger partial charge in [0.25, 0.3) is 0 Å². The molecule has 118 valence electrons. The van der Waals surface area contributed by atoms with Crippen molar-refractivity contribution in [2.45, 2.75) is 20.8 Å². The van der Waals surface area contributed by atoms with Crippen LogP contribution in [0.5, 0.6) is 0 Å². The van der Waals surface area contributed by atoms with Crippen LogP contribution in [0.4, 0.5) is 0 Å². The summed E-state index contributed by atoms with van der Waals surface area (Å²) < 4.78 is 23.2. The predicted octanol–water partition coefficient (Wildman–Crippen LogP) is 3.04. The largest absolute Gasteiger partial charge is 0.540 e. The average molecular weight is 424 g/mol. The van der Waals surface area contributed by atoms with Crippen molar-refractivity contribution in [2.75, 3.05) is 26.1 Å². The van der Waals surface area contributed by atoms with Gasteiger partial charge in [0.2, 0.25) is 0 Å². The summed E-state index contributed by atoms with van der Waals surface area (Å²) in [5, 5.41) is 0. The van der Waals surface area contributed by atoms with Crippen molar-refractivity contribution in [2.24, 2.45) is 0 Å². The van der Waals surface area contributed by atoms with Crippen molar-refractivity contribution in [1.29, 1.82) is 0 Å². The first-order valence-electron chi connectivity index (χ1n) is 6.91. The lowest BCUT2D eigenvalue weighted by atomic mass is 10.2. The summed E-state index contributed by atoms with van der Waals surface area (Å²) in [7, 11) is -2.95. The molecule has 21 heavy (non-hydrogen) atoms. The molecule has 0 amide bonds. The molecular weight excluding hydrogens is 403 g/mol. The Morgan fingerprint density at radius 2 is 1.67 bits per heavy atom. The Morgan fingerprint density at radius 1 is 1.10 bits per heavy atom. The van der Waals surface area contributed by atoms with Crippen molar-refractivity contribution in [3.8, 4) is 0 Å². The SMILES string of the molecule is CCO[Si](COC(=O)c1cccc(I)c1)(OCC)OCC. The normalized spacial score (nSPS) is 11.4. The summed E-state index contributed by atoms with van der Waals surface area (Å²) in [6.45, 7) is 6.94. The molecule has 0 unspecified atom stereocenters. The molecule has 7 heteroatoms. The maximum absolute atomic E-state index is 12.1. The summed E-state index contributed by atoms with van der Waals surface area (Å²) >= 11 is 2.15. The van der Waals surface area contributed by atoms with Crippen molar-refractivity contribution in [1.82, 2.24) is 0 Å². The number of carbonyl (C=O) groups excluding carboxylic acids is 1. The first kappa shape index (κ1) is 18.6. The molecule has 0 heterocycles. The molecule has 0 radical (unpaired) electrons. The fourth-order valence-corrected chi connectivity index (χ4v) is 4.43. The predicted molar refractivity (Wildman–Crippen MR) is 90.1 cm³/mol. The molecule has 1 rings (SSSR count). The summed E-state index contributed by atoms with van der Waals surface area (Å²) in [5.74, 6) is -0.399. The third kappa shape index (κ3) is 6.03. The minimum absolute atomic E-state index is 0.0207. The standard InChI is InChI=1S/C14H21IO5Si/c1-4-18-21(19-5-2,20-6-3)11-17-14(16)12-8-7-9-13(15)10-12/h7-10H,4-6,11H2,1-3H3. The van der Waals surface area contributed by atoms with E-state index in [1.807, 2.05) is 32.9 Å². The molecule has 0 N–H and O–H groups in total. The van der Waals surface area contributed by atoms with Crippen LogP contribution in [-0.4, -0.2) is 40.8 Å². The van der Waals surface area contributed by atoms with Gasteiger partial charge in [0.1, 0.15) is 0 Å². The molecule has 0 atom stereocenters. The molecule has 0 saturated heterocycles. The van der Waals surface area contributed by atoms with Gasteiger partial charge in [-0.2, -0.15) is 0 Å². The van der Waals surface area contributed by atoms with Crippen LogP contribution in [0.2, 0.25) is 0 Å². The van der Waals surface area contributed by atoms with E-state index in [1.54, 1.807) is 12.1 Å². The van der Waals surface area contributed by atoms with Gasteiger partial charge in [-0.25, -0.2) is 4.79 Å². The van der Waals surface area contributed by atoms with E-state index < -0.39 is 14.8 Å². The lowest BCUT2D eigenvalue weighted by Gasteiger charge is -2.27. The molecule has 0 bridgehead atoms. The van der Waals surface area contributed by atoms with E-state index in [-0.39, 0.29) is 6.23 Å². The van der Waals surface area contributed by atoms with Crippen LogP contribution in [-0.2, 0) is 18.0 Å². The second-order valence-corrected chi connectivity index (χ2v) is 7.83. The Hall–Kier alpha value is -0.483. The van der Waals surface area contributed by atoms with E-state index in [1.165, 1.54) is 0 Å². The van der Waals surface area contributed by atoms with Gasteiger partial charge in [-0.3, -0.25) is 0 Å². The maximum Gasteiger partial charge on any atom is 0.540 e. The molecule has 1 aromatic rings. The monoisotopic (exact) mass is 424 g/mol. The molecule has 0 aliphatic heterocycles. The highest BCUT2D eigenvalue weighted by Gasteiger charge is 2.42. The number of rotatable bonds is 9. The highest BCUT2D eigenvalue weighted by atomic mass is 127. The Morgan fingerprint density at radius 3 is 2.14 bits per heavy atom. The lowest BCUT2D eigenvalue weighted by molar-refractivity contribution is 0.0247. The minimum atomic E-state index is -2.95. The zero-order valence-electron chi connectivity index (χ0n) is 12.6. The summed E-state index contributed by atoms with van der Waals surface area (Å²) in [4.78, 5) is 12.1. The number of esters is 1. The summed E-state index contributed by atoms with van der Waals surface area (Å²) in [5.41, 5.74) is 0.509. The molecule has 0 aliphatic carbocycles. The van der Waals surface area contributed by atoms with Crippen molar-refractivity contribution < 1.29 is 22.8 Å². The minimum Gasteiger partial charge on any atom is -0.457 e. The van der Waals surface area contributed by atoms with Crippen molar-refractivity contribution in [3.05, 3.63) is 33.4 Å². The fraction of sp³-hybridized carbons (Fsp3) is 0.500. The van der Waals surface area contributed by atoms with Gasteiger partial charge in [-0.15, -0.1) is 0 Å². The number of carbonyl (C=O) groups is 1. The van der Waals surface area contributed by atoms with E-state index >= 15 is 0 Å². The number of hydrogen-bond acceptors (Lipinski definition) is 5. The second kappa shape index (κ2) is 9.52. The van der Waals surface area contributed by atoms with Gasteiger partial charge in [-0.05, 0) is 61.6 Å². The van der Waals surface area contributed by atoms with Crippen LogP contribution >= 0.6 is 22.6 Å². The van der Waals surface area contributed by atoms with Crippen LogP contribution < -0.4 is 0 Å². The smallest absolute Gasteiger partial charge is 0.457 e. The third-order valence-corrected chi connectivity index (χ3v) is 5.89. The second-order valence-electron chi connectivity index (χ2n) is 4.07. The molecule has 0 fully saturated rings. The topological polar surface area (TPSA) is 54.0 Å². The highest BCUT2D eigenvalue weighted by Crippen LogP contribution is 2.14. The van der Waals surface area contributed by atoms with E-state index in [4.69, 9.17) is 18.0 Å². The molecule has 5 nitrogen and oxygen atoms in total. The number of benzene rings is 1. The summed E-state index contributed by atoms with van der Waals surface area (Å²) in [6.07, 6.45) is 0.0207. The van der Waals surface area contributed by atoms with E-state index in [0.29, 0.717) is 25.4 Å². The van der Waals surface area contributed by atoms with Gasteiger partial charge < -0.3 is 18.0 Å². The van der Waals surface area contributed by atoms with Crippen molar-refractivity contribution >= 4 is 37.4 Å². The Balaban J connectivity index is 2.73. The first-order valence-corrected chi connectivity index (χ1v) is 9.92. The van der Waals surface area contributed by atoms with Gasteiger partial charge in [0.15, 0.2) is 6.23 Å². The molecule has 0 aliphatic rings. The van der Waals surface area contributed by atoms with E-state index in [9.17, 15) is 4.79 Å². The average Bonchev–Trinajstić information content (AvgIpc) is 2.45. The molecular formula is C14H21IO5Si. The maximum atomic E-state index is 12.1. The van der Waals surface area contributed by atoms with Crippen LogP contribution in [0.25, 0.3) is 0 Å². The first-order chi connectivity index (χ1) is 10.1. The Bertz CT molecular complexity index is 438. The molecule has 1 aromatic carbocycles. The zero-order chi connectivity index (χ0) is 15.7. The lowest BCUT2D eigenvalue weighted by Crippen LogP contribution is -2.51. The quantitative estimate of drug-likeness (QED) is 0.347. The van der Waals surface area contributed by atoms with Crippen LogP contribution in [0.3, 0.4) is 0 Å². The third-order valence-electron chi connectivity index (χ3n) is 2.53. The molecule has 0 saturated carbocycles. The van der Waals surface area contributed by atoms with Crippen LogP contribution in [0, 0.1) is 3.57 Å². The van der Waals surface area contributed by atoms with Gasteiger partial charge in [-0.1, -0.05) is 6.07 Å². The van der Waals surface area contributed by atoms with Gasteiger partial charge >= 0.3 is 14.8 Å². The fourth-order valence-electron chi connectivity index (χ4n) is 1.76. The molecule has 0 spiro atoms. The van der Waals surface area contributed by atoms with Crippen LogP contribution in [0.1, 0.15) is 31.1 Å². The van der Waals surface area contributed by atoms with E-state index in [0.717, 1.165) is 3.57 Å². The van der Waals surface area contributed by atoms with Gasteiger partial charge in [0, 0.05) is 23.4 Å². The van der Waals surface area contributed by atoms with E-state index in [2.05, 4.69) is 22.6 Å². The number of ether oxygens (including phenoxy) is 1. The Kier molecular flexibility index (Phi) is 8.41. The Labute approximate surface area is 140 Å². The van der Waals surface area contributed by atoms with Crippen LogP contribution in [0.15, 0.2) is 24.3 Å². The number of hydrogen-bond donors (Lipinski definition) is 0. The molecule has 0 aromatic heterocycles. The number of halogens is 1.